The van der Waals surface area contributed by atoms with E-state index in [4.69, 9.17) is 0 Å². The van der Waals surface area contributed by atoms with Crippen molar-refractivity contribution in [2.75, 3.05) is 31.1 Å². The number of anilines is 1. The van der Waals surface area contributed by atoms with E-state index in [9.17, 15) is 4.79 Å². The molecular weight excluding hydrogens is 242 g/mol. The molecule has 0 unspecified atom stereocenters. The number of nitrogens with one attached hydrogen (secondary N) is 1. The maximum absolute atomic E-state index is 11.3. The maximum Gasteiger partial charge on any atom is 0.219 e. The van der Waals surface area contributed by atoms with Crippen LogP contribution < -0.4 is 4.90 Å². The normalized spacial score (nSPS) is 16.1. The lowest BCUT2D eigenvalue weighted by Gasteiger charge is -2.35. The molecule has 3 rings (SSSR count). The standard InChI is InChI=1S/C13H17N5O/c1-9-7-11-12(16-9)14-8-15-13(11)18-5-3-17(4-6-18)10(2)19/h7-8H,3-6H2,1-2H3,(H,14,15,16). The summed E-state index contributed by atoms with van der Waals surface area (Å²) >= 11 is 0. The molecule has 100 valence electrons. The molecule has 1 aliphatic rings. The van der Waals surface area contributed by atoms with Crippen molar-refractivity contribution in [2.45, 2.75) is 13.8 Å². The van der Waals surface area contributed by atoms with Gasteiger partial charge >= 0.3 is 0 Å². The van der Waals surface area contributed by atoms with Gasteiger partial charge in [-0.15, -0.1) is 0 Å². The fourth-order valence-electron chi connectivity index (χ4n) is 2.54. The van der Waals surface area contributed by atoms with Gasteiger partial charge in [-0.2, -0.15) is 0 Å². The lowest BCUT2D eigenvalue weighted by molar-refractivity contribution is -0.129. The minimum absolute atomic E-state index is 0.143. The first-order valence-corrected chi connectivity index (χ1v) is 6.46. The largest absolute Gasteiger partial charge is 0.352 e. The van der Waals surface area contributed by atoms with Crippen LogP contribution in [-0.4, -0.2) is 51.9 Å². The smallest absolute Gasteiger partial charge is 0.219 e. The number of aromatic nitrogens is 3. The minimum Gasteiger partial charge on any atom is -0.352 e. The predicted octanol–water partition coefficient (Wildman–Crippen LogP) is 0.935. The van der Waals surface area contributed by atoms with Gasteiger partial charge in [0.05, 0.1) is 5.39 Å². The third-order valence-electron chi connectivity index (χ3n) is 3.56. The monoisotopic (exact) mass is 259 g/mol. The summed E-state index contributed by atoms with van der Waals surface area (Å²) in [4.78, 5) is 27.3. The van der Waals surface area contributed by atoms with Crippen LogP contribution in [0.2, 0.25) is 0 Å². The van der Waals surface area contributed by atoms with Gasteiger partial charge in [0.25, 0.3) is 0 Å². The van der Waals surface area contributed by atoms with Crippen molar-refractivity contribution < 1.29 is 4.79 Å². The molecule has 2 aromatic heterocycles. The number of fused-ring (bicyclic) bond motifs is 1. The quantitative estimate of drug-likeness (QED) is 0.827. The molecule has 1 aliphatic heterocycles. The Balaban J connectivity index is 1.87. The van der Waals surface area contributed by atoms with E-state index in [0.717, 1.165) is 48.7 Å². The number of aromatic amines is 1. The molecule has 19 heavy (non-hydrogen) atoms. The first-order chi connectivity index (χ1) is 9.15. The van der Waals surface area contributed by atoms with E-state index in [2.05, 4.69) is 25.9 Å². The van der Waals surface area contributed by atoms with Crippen molar-refractivity contribution in [1.29, 1.82) is 0 Å². The zero-order chi connectivity index (χ0) is 13.4. The van der Waals surface area contributed by atoms with Gasteiger partial charge in [-0.3, -0.25) is 4.79 Å². The van der Waals surface area contributed by atoms with E-state index in [0.29, 0.717) is 0 Å². The summed E-state index contributed by atoms with van der Waals surface area (Å²) in [7, 11) is 0. The molecule has 2 aromatic rings. The highest BCUT2D eigenvalue weighted by atomic mass is 16.2. The molecule has 1 fully saturated rings. The van der Waals surface area contributed by atoms with E-state index < -0.39 is 0 Å². The molecular formula is C13H17N5O. The van der Waals surface area contributed by atoms with Crippen LogP contribution in [0.3, 0.4) is 0 Å². The third-order valence-corrected chi connectivity index (χ3v) is 3.56. The maximum atomic E-state index is 11.3. The zero-order valence-corrected chi connectivity index (χ0v) is 11.2. The van der Waals surface area contributed by atoms with Gasteiger partial charge in [0.15, 0.2) is 0 Å². The SMILES string of the molecule is CC(=O)N1CCN(c2ncnc3[nH]c(C)cc23)CC1. The average Bonchev–Trinajstić information content (AvgIpc) is 2.78. The first kappa shape index (κ1) is 12.0. The molecule has 3 heterocycles. The molecule has 1 N–H and O–H groups in total. The number of amides is 1. The predicted molar refractivity (Wildman–Crippen MR) is 73.1 cm³/mol. The zero-order valence-electron chi connectivity index (χ0n) is 11.2. The molecule has 0 bridgehead atoms. The number of hydrogen-bond donors (Lipinski definition) is 1. The lowest BCUT2D eigenvalue weighted by atomic mass is 10.2. The van der Waals surface area contributed by atoms with Crippen LogP contribution in [0.25, 0.3) is 11.0 Å². The van der Waals surface area contributed by atoms with E-state index in [1.165, 1.54) is 0 Å². The molecule has 0 saturated carbocycles. The Bertz CT molecular complexity index is 613. The van der Waals surface area contributed by atoms with Crippen LogP contribution in [0.1, 0.15) is 12.6 Å². The number of carbonyl (C=O) groups is 1. The van der Waals surface area contributed by atoms with E-state index in [-0.39, 0.29) is 5.91 Å². The Morgan fingerprint density at radius 2 is 2.00 bits per heavy atom. The van der Waals surface area contributed by atoms with Crippen LogP contribution in [0, 0.1) is 6.92 Å². The van der Waals surface area contributed by atoms with Crippen molar-refractivity contribution in [3.05, 3.63) is 18.1 Å². The molecule has 1 saturated heterocycles. The molecule has 1 amide bonds. The average molecular weight is 259 g/mol. The highest BCUT2D eigenvalue weighted by Crippen LogP contribution is 2.24. The van der Waals surface area contributed by atoms with Gasteiger partial charge in [-0.25, -0.2) is 9.97 Å². The van der Waals surface area contributed by atoms with Crippen molar-refractivity contribution in [1.82, 2.24) is 19.9 Å². The Kier molecular flexibility index (Phi) is 2.85. The summed E-state index contributed by atoms with van der Waals surface area (Å²) in [6.45, 7) is 6.77. The lowest BCUT2D eigenvalue weighted by Crippen LogP contribution is -2.48. The molecule has 0 atom stereocenters. The van der Waals surface area contributed by atoms with E-state index in [1.54, 1.807) is 13.3 Å². The van der Waals surface area contributed by atoms with Gasteiger partial charge in [-0.05, 0) is 13.0 Å². The highest BCUT2D eigenvalue weighted by molar-refractivity contribution is 5.88. The van der Waals surface area contributed by atoms with Crippen molar-refractivity contribution in [3.8, 4) is 0 Å². The van der Waals surface area contributed by atoms with Gasteiger partial charge in [0.2, 0.25) is 5.91 Å². The topological polar surface area (TPSA) is 65.1 Å². The van der Waals surface area contributed by atoms with E-state index in [1.807, 2.05) is 11.8 Å². The number of carbonyl (C=O) groups excluding carboxylic acids is 1. The fraction of sp³-hybridized carbons (Fsp3) is 0.462. The van der Waals surface area contributed by atoms with Crippen LogP contribution in [0.15, 0.2) is 12.4 Å². The third kappa shape index (κ3) is 2.14. The Morgan fingerprint density at radius 3 is 2.68 bits per heavy atom. The van der Waals surface area contributed by atoms with Crippen molar-refractivity contribution >= 4 is 22.8 Å². The number of aryl methyl sites for hydroxylation is 1. The number of rotatable bonds is 1. The fourth-order valence-corrected chi connectivity index (χ4v) is 2.54. The summed E-state index contributed by atoms with van der Waals surface area (Å²) in [5.41, 5.74) is 1.95. The van der Waals surface area contributed by atoms with Gasteiger partial charge in [0, 0.05) is 38.8 Å². The summed E-state index contributed by atoms with van der Waals surface area (Å²) in [6, 6.07) is 2.07. The Hall–Kier alpha value is -2.11. The molecule has 0 radical (unpaired) electrons. The second-order valence-electron chi connectivity index (χ2n) is 4.91. The molecule has 0 spiro atoms. The summed E-state index contributed by atoms with van der Waals surface area (Å²) in [6.07, 6.45) is 1.59. The first-order valence-electron chi connectivity index (χ1n) is 6.46. The van der Waals surface area contributed by atoms with Crippen molar-refractivity contribution in [3.63, 3.8) is 0 Å². The van der Waals surface area contributed by atoms with Crippen LogP contribution in [0.4, 0.5) is 5.82 Å². The second-order valence-corrected chi connectivity index (χ2v) is 4.91. The van der Waals surface area contributed by atoms with Crippen molar-refractivity contribution in [2.24, 2.45) is 0 Å². The number of nitrogens with zero attached hydrogens (tertiary/aromatic N) is 4. The summed E-state index contributed by atoms with van der Waals surface area (Å²) in [5, 5.41) is 1.05. The number of piperazine rings is 1. The van der Waals surface area contributed by atoms with Crippen LogP contribution >= 0.6 is 0 Å². The summed E-state index contributed by atoms with van der Waals surface area (Å²) in [5.74, 6) is 1.10. The molecule has 6 heteroatoms. The molecule has 0 aromatic carbocycles. The van der Waals surface area contributed by atoms with Gasteiger partial charge in [-0.1, -0.05) is 0 Å². The van der Waals surface area contributed by atoms with Crippen LogP contribution in [-0.2, 0) is 4.79 Å². The van der Waals surface area contributed by atoms with Crippen LogP contribution in [0.5, 0.6) is 0 Å². The van der Waals surface area contributed by atoms with Gasteiger partial charge in [0.1, 0.15) is 17.8 Å². The van der Waals surface area contributed by atoms with Gasteiger partial charge < -0.3 is 14.8 Å². The second kappa shape index (κ2) is 4.53. The molecule has 6 nitrogen and oxygen atoms in total. The minimum atomic E-state index is 0.143. The summed E-state index contributed by atoms with van der Waals surface area (Å²) < 4.78 is 0. The Labute approximate surface area is 111 Å². The van der Waals surface area contributed by atoms with E-state index >= 15 is 0 Å². The molecule has 0 aliphatic carbocycles. The highest BCUT2D eigenvalue weighted by Gasteiger charge is 2.21. The number of hydrogen-bond acceptors (Lipinski definition) is 4. The number of H-pyrrole nitrogens is 1. The Morgan fingerprint density at radius 1 is 1.26 bits per heavy atom.